The zero-order valence-corrected chi connectivity index (χ0v) is 12.9. The van der Waals surface area contributed by atoms with Crippen molar-refractivity contribution in [2.45, 2.75) is 37.4 Å². The van der Waals surface area contributed by atoms with Crippen LogP contribution in [-0.2, 0) is 12.8 Å². The zero-order chi connectivity index (χ0) is 13.5. The highest BCUT2D eigenvalue weighted by Gasteiger charge is 2.06. The predicted molar refractivity (Wildman–Crippen MR) is 84.8 cm³/mol. The normalized spacial score (nSPS) is 12.3. The van der Waals surface area contributed by atoms with Gasteiger partial charge >= 0.3 is 0 Å². The summed E-state index contributed by atoms with van der Waals surface area (Å²) in [4.78, 5) is 4.97. The van der Waals surface area contributed by atoms with E-state index in [0.717, 1.165) is 12.8 Å². The van der Waals surface area contributed by atoms with Gasteiger partial charge < -0.3 is 0 Å². The van der Waals surface area contributed by atoms with Crippen LogP contribution in [0.25, 0.3) is 0 Å². The van der Waals surface area contributed by atoms with Gasteiger partial charge in [0.25, 0.3) is 0 Å². The predicted octanol–water partition coefficient (Wildman–Crippen LogP) is 4.72. The van der Waals surface area contributed by atoms with Gasteiger partial charge in [-0.25, -0.2) is 0 Å². The first-order valence-corrected chi connectivity index (χ1v) is 7.75. The minimum atomic E-state index is 0.520. The second kappa shape index (κ2) is 7.44. The minimum Gasteiger partial charge on any atom is -0.261 e. The van der Waals surface area contributed by atoms with Crippen LogP contribution in [0, 0.1) is 6.92 Å². The quantitative estimate of drug-likeness (QED) is 0.702. The molecule has 0 N–H and O–H groups in total. The molecule has 2 aromatic rings. The third-order valence-corrected chi connectivity index (χ3v) is 4.01. The second-order valence-electron chi connectivity index (χ2n) is 5.01. The first-order chi connectivity index (χ1) is 9.24. The van der Waals surface area contributed by atoms with E-state index in [0.29, 0.717) is 4.83 Å². The number of rotatable bonds is 6. The number of benzene rings is 1. The Balaban J connectivity index is 1.73. The number of pyridine rings is 1. The van der Waals surface area contributed by atoms with E-state index in [2.05, 4.69) is 70.3 Å². The van der Waals surface area contributed by atoms with Crippen LogP contribution in [-0.4, -0.2) is 9.81 Å². The van der Waals surface area contributed by atoms with Crippen molar-refractivity contribution >= 4 is 15.9 Å². The molecule has 0 saturated heterocycles. The van der Waals surface area contributed by atoms with Crippen LogP contribution in [0.4, 0.5) is 0 Å². The minimum absolute atomic E-state index is 0.520. The van der Waals surface area contributed by atoms with Crippen molar-refractivity contribution in [3.63, 3.8) is 0 Å². The number of aryl methyl sites for hydroxylation is 2. The molecule has 2 heteroatoms. The summed E-state index contributed by atoms with van der Waals surface area (Å²) in [5.41, 5.74) is 3.82. The van der Waals surface area contributed by atoms with Crippen LogP contribution < -0.4 is 0 Å². The Bertz CT molecular complexity index is 478. The highest BCUT2D eigenvalue weighted by molar-refractivity contribution is 9.09. The third kappa shape index (κ3) is 5.15. The molecule has 1 unspecified atom stereocenters. The molecule has 0 bridgehead atoms. The molecule has 100 valence electrons. The van der Waals surface area contributed by atoms with Crippen molar-refractivity contribution in [1.82, 2.24) is 4.98 Å². The van der Waals surface area contributed by atoms with E-state index >= 15 is 0 Å². The molecule has 0 amide bonds. The molecule has 0 radical (unpaired) electrons. The van der Waals surface area contributed by atoms with Gasteiger partial charge in [-0.1, -0.05) is 52.3 Å². The van der Waals surface area contributed by atoms with E-state index in [1.807, 2.05) is 6.20 Å². The van der Waals surface area contributed by atoms with Gasteiger partial charge in [0.15, 0.2) is 0 Å². The molecule has 0 aliphatic heterocycles. The Labute approximate surface area is 124 Å². The van der Waals surface area contributed by atoms with Crippen LogP contribution in [0.5, 0.6) is 0 Å². The lowest BCUT2D eigenvalue weighted by atomic mass is 10.1. The van der Waals surface area contributed by atoms with Crippen LogP contribution in [0.3, 0.4) is 0 Å². The summed E-state index contributed by atoms with van der Waals surface area (Å²) in [5, 5.41) is 0. The fourth-order valence-corrected chi connectivity index (χ4v) is 2.78. The fraction of sp³-hybridized carbons (Fsp3) is 0.353. The van der Waals surface area contributed by atoms with Crippen LogP contribution in [0.2, 0.25) is 0 Å². The van der Waals surface area contributed by atoms with Crippen LogP contribution >= 0.6 is 15.9 Å². The van der Waals surface area contributed by atoms with Crippen molar-refractivity contribution < 1.29 is 0 Å². The first-order valence-electron chi connectivity index (χ1n) is 6.83. The molecule has 1 heterocycles. The Morgan fingerprint density at radius 1 is 1.11 bits per heavy atom. The molecule has 1 nitrogen and oxygen atoms in total. The van der Waals surface area contributed by atoms with Crippen molar-refractivity contribution in [3.8, 4) is 0 Å². The molecule has 19 heavy (non-hydrogen) atoms. The summed E-state index contributed by atoms with van der Waals surface area (Å²) in [6.07, 6.45) is 6.51. The van der Waals surface area contributed by atoms with Gasteiger partial charge in [0.05, 0.1) is 0 Å². The monoisotopic (exact) mass is 317 g/mol. The Morgan fingerprint density at radius 3 is 2.58 bits per heavy atom. The van der Waals surface area contributed by atoms with Crippen molar-refractivity contribution in [2.24, 2.45) is 0 Å². The molecule has 0 fully saturated rings. The lowest BCUT2D eigenvalue weighted by Crippen LogP contribution is -2.05. The number of halogens is 1. The number of nitrogens with zero attached hydrogens (tertiary/aromatic N) is 1. The van der Waals surface area contributed by atoms with E-state index in [1.54, 1.807) is 0 Å². The lowest BCUT2D eigenvalue weighted by Gasteiger charge is -2.09. The molecule has 1 atom stereocenters. The third-order valence-electron chi connectivity index (χ3n) is 3.23. The van der Waals surface area contributed by atoms with E-state index in [1.165, 1.54) is 29.7 Å². The number of hydrogen-bond acceptors (Lipinski definition) is 1. The van der Waals surface area contributed by atoms with Crippen molar-refractivity contribution in [3.05, 3.63) is 65.5 Å². The van der Waals surface area contributed by atoms with Crippen LogP contribution in [0.1, 0.15) is 29.7 Å². The van der Waals surface area contributed by atoms with Gasteiger partial charge in [-0.3, -0.25) is 4.98 Å². The summed E-state index contributed by atoms with van der Waals surface area (Å²) in [5.74, 6) is 0. The molecular formula is C17H20BrN. The lowest BCUT2D eigenvalue weighted by molar-refractivity contribution is 0.693. The van der Waals surface area contributed by atoms with E-state index in [4.69, 9.17) is 0 Å². The highest BCUT2D eigenvalue weighted by Crippen LogP contribution is 2.16. The van der Waals surface area contributed by atoms with Gasteiger partial charge in [0, 0.05) is 23.1 Å². The molecule has 0 aliphatic carbocycles. The Hall–Kier alpha value is -1.15. The molecule has 0 spiro atoms. The summed E-state index contributed by atoms with van der Waals surface area (Å²) in [7, 11) is 0. The standard InChI is InChI=1S/C17H20BrN/c1-14-10-11-17(19-13-14)12-16(18)9-5-8-15-6-3-2-4-7-15/h2-4,6-7,10-11,13,16H,5,8-9,12H2,1H3. The van der Waals surface area contributed by atoms with Gasteiger partial charge in [0.1, 0.15) is 0 Å². The van der Waals surface area contributed by atoms with Gasteiger partial charge in [-0.2, -0.15) is 0 Å². The maximum Gasteiger partial charge on any atom is 0.0414 e. The largest absolute Gasteiger partial charge is 0.261 e. The first kappa shape index (κ1) is 14.3. The summed E-state index contributed by atoms with van der Waals surface area (Å²) < 4.78 is 0. The highest BCUT2D eigenvalue weighted by atomic mass is 79.9. The maximum atomic E-state index is 4.45. The topological polar surface area (TPSA) is 12.9 Å². The fourth-order valence-electron chi connectivity index (χ4n) is 2.12. The average Bonchev–Trinajstić information content (AvgIpc) is 2.43. The zero-order valence-electron chi connectivity index (χ0n) is 11.3. The van der Waals surface area contributed by atoms with E-state index in [-0.39, 0.29) is 0 Å². The molecule has 0 saturated carbocycles. The van der Waals surface area contributed by atoms with Crippen LogP contribution in [0.15, 0.2) is 48.7 Å². The number of alkyl halides is 1. The summed E-state index contributed by atoms with van der Waals surface area (Å²) in [6.45, 7) is 2.07. The number of aromatic nitrogens is 1. The molecule has 1 aromatic heterocycles. The van der Waals surface area contributed by atoms with Gasteiger partial charge in [0.2, 0.25) is 0 Å². The summed E-state index contributed by atoms with van der Waals surface area (Å²) in [6, 6.07) is 14.9. The molecule has 2 rings (SSSR count). The smallest absolute Gasteiger partial charge is 0.0414 e. The molecule has 0 aliphatic rings. The molecule has 1 aromatic carbocycles. The Morgan fingerprint density at radius 2 is 1.89 bits per heavy atom. The molecular weight excluding hydrogens is 298 g/mol. The van der Waals surface area contributed by atoms with Gasteiger partial charge in [-0.05, 0) is 43.4 Å². The van der Waals surface area contributed by atoms with E-state index < -0.39 is 0 Å². The number of hydrogen-bond donors (Lipinski definition) is 0. The summed E-state index contributed by atoms with van der Waals surface area (Å²) >= 11 is 3.77. The van der Waals surface area contributed by atoms with Crippen molar-refractivity contribution in [1.29, 1.82) is 0 Å². The van der Waals surface area contributed by atoms with E-state index in [9.17, 15) is 0 Å². The van der Waals surface area contributed by atoms with Crippen molar-refractivity contribution in [2.75, 3.05) is 0 Å². The van der Waals surface area contributed by atoms with Gasteiger partial charge in [-0.15, -0.1) is 0 Å². The second-order valence-corrected chi connectivity index (χ2v) is 6.30. The Kier molecular flexibility index (Phi) is 5.59. The maximum absolute atomic E-state index is 4.45. The average molecular weight is 318 g/mol. The SMILES string of the molecule is Cc1ccc(CC(Br)CCCc2ccccc2)nc1.